The number of ketones is 1. The van der Waals surface area contributed by atoms with Gasteiger partial charge >= 0.3 is 0 Å². The summed E-state index contributed by atoms with van der Waals surface area (Å²) in [7, 11) is 4.78. The average Bonchev–Trinajstić information content (AvgIpc) is 2.83. The van der Waals surface area contributed by atoms with Gasteiger partial charge in [-0.15, -0.1) is 0 Å². The predicted octanol–water partition coefficient (Wildman–Crippen LogP) is 5.57. The van der Waals surface area contributed by atoms with Crippen LogP contribution in [0.15, 0.2) is 57.1 Å². The van der Waals surface area contributed by atoms with Crippen molar-refractivity contribution in [1.82, 2.24) is 0 Å². The fourth-order valence-electron chi connectivity index (χ4n) is 4.78. The van der Waals surface area contributed by atoms with Crippen LogP contribution in [-0.2, 0) is 4.79 Å². The molecule has 4 rings (SSSR count). The lowest BCUT2D eigenvalue weighted by molar-refractivity contribution is -0.116. The summed E-state index contributed by atoms with van der Waals surface area (Å²) in [6.45, 7) is 1.86. The Morgan fingerprint density at radius 2 is 1.70 bits per heavy atom. The van der Waals surface area contributed by atoms with Crippen LogP contribution >= 0.6 is 15.9 Å². The summed E-state index contributed by atoms with van der Waals surface area (Å²) in [5, 5.41) is 10.0. The lowest BCUT2D eigenvalue weighted by Crippen LogP contribution is -2.32. The molecule has 0 aromatic heterocycles. The van der Waals surface area contributed by atoms with Crippen LogP contribution in [0.5, 0.6) is 17.2 Å². The third kappa shape index (κ3) is 4.16. The summed E-state index contributed by atoms with van der Waals surface area (Å²) >= 11 is 3.63. The molecule has 170 valence electrons. The Bertz CT molecular complexity index is 1190. The van der Waals surface area contributed by atoms with E-state index in [0.29, 0.717) is 35.6 Å². The lowest BCUT2D eigenvalue weighted by atomic mass is 9.69. The van der Waals surface area contributed by atoms with Gasteiger partial charge in [0.1, 0.15) is 5.75 Å². The zero-order chi connectivity index (χ0) is 23.7. The van der Waals surface area contributed by atoms with Crippen molar-refractivity contribution in [2.45, 2.75) is 31.6 Å². The number of benzene rings is 2. The van der Waals surface area contributed by atoms with E-state index in [1.54, 1.807) is 21.3 Å². The molecule has 0 fully saturated rings. The molecule has 3 atom stereocenters. The van der Waals surface area contributed by atoms with Gasteiger partial charge in [0.2, 0.25) is 0 Å². The maximum atomic E-state index is 13.5. The van der Waals surface area contributed by atoms with Gasteiger partial charge in [-0.25, -0.2) is 0 Å². The molecule has 2 aromatic carbocycles. The molecule has 0 radical (unpaired) electrons. The molecule has 1 unspecified atom stereocenters. The number of halogens is 1. The fourth-order valence-corrected chi connectivity index (χ4v) is 5.35. The molecular formula is C26H25BrN2O4. The monoisotopic (exact) mass is 508 g/mol. The second-order valence-corrected chi connectivity index (χ2v) is 9.08. The first-order valence-corrected chi connectivity index (χ1v) is 11.5. The van der Waals surface area contributed by atoms with Crippen molar-refractivity contribution >= 4 is 27.4 Å². The Morgan fingerprint density at radius 3 is 2.30 bits per heavy atom. The van der Waals surface area contributed by atoms with Gasteiger partial charge in [0.25, 0.3) is 0 Å². The number of hydrogen-bond donors (Lipinski definition) is 0. The minimum atomic E-state index is -0.542. The number of carbonyl (C=O) groups excluding carboxylic acids is 1. The molecular weight excluding hydrogens is 484 g/mol. The van der Waals surface area contributed by atoms with Crippen LogP contribution in [0, 0.1) is 17.2 Å². The largest absolute Gasteiger partial charge is 0.497 e. The predicted molar refractivity (Wildman–Crippen MR) is 129 cm³/mol. The van der Waals surface area contributed by atoms with Crippen molar-refractivity contribution in [2.75, 3.05) is 21.3 Å². The molecule has 7 heteroatoms. The van der Waals surface area contributed by atoms with Gasteiger partial charge in [-0.05, 0) is 54.7 Å². The van der Waals surface area contributed by atoms with Crippen molar-refractivity contribution in [3.8, 4) is 23.3 Å². The van der Waals surface area contributed by atoms with Gasteiger partial charge < -0.3 is 14.2 Å². The van der Waals surface area contributed by atoms with Crippen LogP contribution in [0.2, 0.25) is 0 Å². The van der Waals surface area contributed by atoms with E-state index in [-0.39, 0.29) is 11.7 Å². The van der Waals surface area contributed by atoms with E-state index >= 15 is 0 Å². The Morgan fingerprint density at radius 1 is 1.03 bits per heavy atom. The SMILES string of the molecule is COc1ccc([C@H]2CC(=O)C3=C(C2)N=C(C)C(C#N)[C@H]3c2cc(OC)c(OC)cc2Br)cc1. The molecule has 2 aliphatic rings. The Kier molecular flexibility index (Phi) is 6.57. The minimum Gasteiger partial charge on any atom is -0.497 e. The number of hydrogen-bond acceptors (Lipinski definition) is 6. The molecule has 0 spiro atoms. The zero-order valence-corrected chi connectivity index (χ0v) is 20.6. The topological polar surface area (TPSA) is 80.9 Å². The molecule has 1 aliphatic carbocycles. The maximum Gasteiger partial charge on any atom is 0.161 e. The van der Waals surface area contributed by atoms with Gasteiger partial charge in [-0.1, -0.05) is 28.1 Å². The molecule has 0 saturated carbocycles. The summed E-state index contributed by atoms with van der Waals surface area (Å²) in [6.07, 6.45) is 1.02. The molecule has 1 heterocycles. The van der Waals surface area contributed by atoms with Crippen LogP contribution in [-0.4, -0.2) is 32.8 Å². The normalized spacial score (nSPS) is 22.2. The Labute approximate surface area is 202 Å². The number of Topliss-reactive ketones (excluding diaryl/α,β-unsaturated/α-hetero) is 1. The summed E-state index contributed by atoms with van der Waals surface area (Å²) in [4.78, 5) is 18.3. The van der Waals surface area contributed by atoms with Crippen molar-refractivity contribution in [2.24, 2.45) is 10.9 Å². The Balaban J connectivity index is 1.80. The summed E-state index contributed by atoms with van der Waals surface area (Å²) < 4.78 is 16.9. The number of methoxy groups -OCH3 is 3. The van der Waals surface area contributed by atoms with Gasteiger partial charge in [0.05, 0.1) is 33.3 Å². The van der Waals surface area contributed by atoms with Crippen molar-refractivity contribution in [3.05, 3.63) is 63.3 Å². The second kappa shape index (κ2) is 9.40. The van der Waals surface area contributed by atoms with Gasteiger partial charge in [-0.3, -0.25) is 9.79 Å². The standard InChI is InChI=1S/C26H25BrN2O4/c1-14-19(13-28)25(18-11-23(32-3)24(33-4)12-20(18)27)26-21(29-14)9-16(10-22(26)30)15-5-7-17(31-2)8-6-15/h5-8,11-12,16,19,25H,9-10H2,1-4H3/t16-,19?,25-/m1/s1. The van der Waals surface area contributed by atoms with Crippen molar-refractivity contribution in [3.63, 3.8) is 0 Å². The van der Waals surface area contributed by atoms with Crippen molar-refractivity contribution in [1.29, 1.82) is 5.26 Å². The third-order valence-electron chi connectivity index (χ3n) is 6.45. The number of carbonyl (C=O) groups is 1. The molecule has 0 saturated heterocycles. The molecule has 1 aliphatic heterocycles. The first-order chi connectivity index (χ1) is 15.9. The molecule has 2 aromatic rings. The van der Waals surface area contributed by atoms with E-state index in [0.717, 1.165) is 27.0 Å². The highest BCUT2D eigenvalue weighted by Gasteiger charge is 2.42. The van der Waals surface area contributed by atoms with E-state index in [1.165, 1.54) is 0 Å². The van der Waals surface area contributed by atoms with E-state index < -0.39 is 11.8 Å². The van der Waals surface area contributed by atoms with E-state index in [9.17, 15) is 10.1 Å². The fraction of sp³-hybridized carbons (Fsp3) is 0.346. The van der Waals surface area contributed by atoms with Crippen LogP contribution in [0.25, 0.3) is 0 Å². The van der Waals surface area contributed by atoms with E-state index in [1.807, 2.05) is 43.3 Å². The smallest absolute Gasteiger partial charge is 0.161 e. The zero-order valence-electron chi connectivity index (χ0n) is 19.0. The van der Waals surface area contributed by atoms with Crippen LogP contribution in [0.1, 0.15) is 42.7 Å². The molecule has 0 N–H and O–H groups in total. The minimum absolute atomic E-state index is 0.0280. The first kappa shape index (κ1) is 23.1. The Hall–Kier alpha value is -3.11. The second-order valence-electron chi connectivity index (χ2n) is 8.23. The number of ether oxygens (including phenoxy) is 3. The highest BCUT2D eigenvalue weighted by atomic mass is 79.9. The molecule has 0 amide bonds. The van der Waals surface area contributed by atoms with Crippen LogP contribution in [0.4, 0.5) is 0 Å². The number of rotatable bonds is 5. The summed E-state index contributed by atoms with van der Waals surface area (Å²) in [5.74, 6) is 0.996. The maximum absolute atomic E-state index is 13.5. The first-order valence-electron chi connectivity index (χ1n) is 10.7. The number of aliphatic imine (C=N–C) groups is 1. The highest BCUT2D eigenvalue weighted by Crippen LogP contribution is 2.49. The number of nitriles is 1. The van der Waals surface area contributed by atoms with Gasteiger partial charge in [0, 0.05) is 33.8 Å². The summed E-state index contributed by atoms with van der Waals surface area (Å²) in [6, 6.07) is 13.9. The lowest BCUT2D eigenvalue weighted by Gasteiger charge is -2.35. The molecule has 6 nitrogen and oxygen atoms in total. The highest BCUT2D eigenvalue weighted by molar-refractivity contribution is 9.10. The molecule has 33 heavy (non-hydrogen) atoms. The molecule has 0 bridgehead atoms. The van der Waals surface area contributed by atoms with Crippen molar-refractivity contribution < 1.29 is 19.0 Å². The van der Waals surface area contributed by atoms with E-state index in [2.05, 4.69) is 22.0 Å². The van der Waals surface area contributed by atoms with Crippen LogP contribution in [0.3, 0.4) is 0 Å². The average molecular weight is 509 g/mol. The summed E-state index contributed by atoms with van der Waals surface area (Å²) in [5.41, 5.74) is 4.01. The number of allylic oxidation sites excluding steroid dienone is 2. The van der Waals surface area contributed by atoms with Crippen LogP contribution < -0.4 is 14.2 Å². The quantitative estimate of drug-likeness (QED) is 0.526. The number of nitrogens with zero attached hydrogens (tertiary/aromatic N) is 2. The van der Waals surface area contributed by atoms with E-state index in [4.69, 9.17) is 19.2 Å². The third-order valence-corrected chi connectivity index (χ3v) is 7.14. The van der Waals surface area contributed by atoms with Gasteiger partial charge in [0.15, 0.2) is 17.3 Å². The van der Waals surface area contributed by atoms with Gasteiger partial charge in [-0.2, -0.15) is 5.26 Å².